The van der Waals surface area contributed by atoms with Gasteiger partial charge in [0.1, 0.15) is 6.10 Å². The average molecular weight is 331 g/mol. The number of halogens is 2. The first-order chi connectivity index (χ1) is 10.0. The summed E-state index contributed by atoms with van der Waals surface area (Å²) >= 11 is 11.9. The fourth-order valence-corrected chi connectivity index (χ4v) is 2.79. The van der Waals surface area contributed by atoms with Crippen LogP contribution < -0.4 is 5.73 Å². The van der Waals surface area contributed by atoms with Crippen molar-refractivity contribution in [1.29, 1.82) is 0 Å². The van der Waals surface area contributed by atoms with E-state index >= 15 is 0 Å². The zero-order chi connectivity index (χ0) is 15.4. The SMILES string of the molecule is CCN(Cc1ccc(Cl)c(Cl)c1)C(=O)[C@@H]1CC[C@H](CN)O1. The van der Waals surface area contributed by atoms with Gasteiger partial charge in [0.15, 0.2) is 0 Å². The Hall–Kier alpha value is -0.810. The molecule has 1 fully saturated rings. The second kappa shape index (κ2) is 7.45. The number of hydrogen-bond acceptors (Lipinski definition) is 3. The molecular weight excluding hydrogens is 311 g/mol. The van der Waals surface area contributed by atoms with E-state index in [0.29, 0.717) is 29.7 Å². The molecule has 0 unspecified atom stereocenters. The molecule has 1 aromatic carbocycles. The predicted octanol–water partition coefficient (Wildman–Crippen LogP) is 2.85. The quantitative estimate of drug-likeness (QED) is 0.903. The highest BCUT2D eigenvalue weighted by Crippen LogP contribution is 2.25. The van der Waals surface area contributed by atoms with E-state index in [1.807, 2.05) is 13.0 Å². The molecule has 0 aromatic heterocycles. The smallest absolute Gasteiger partial charge is 0.252 e. The van der Waals surface area contributed by atoms with Gasteiger partial charge in [-0.2, -0.15) is 0 Å². The van der Waals surface area contributed by atoms with E-state index in [1.54, 1.807) is 17.0 Å². The lowest BCUT2D eigenvalue weighted by molar-refractivity contribution is -0.143. The molecule has 0 radical (unpaired) electrons. The summed E-state index contributed by atoms with van der Waals surface area (Å²) in [6, 6.07) is 5.41. The van der Waals surface area contributed by atoms with E-state index < -0.39 is 0 Å². The lowest BCUT2D eigenvalue weighted by Gasteiger charge is -2.24. The van der Waals surface area contributed by atoms with Gasteiger partial charge in [-0.1, -0.05) is 29.3 Å². The van der Waals surface area contributed by atoms with Crippen molar-refractivity contribution >= 4 is 29.1 Å². The molecule has 0 bridgehead atoms. The van der Waals surface area contributed by atoms with Gasteiger partial charge in [-0.3, -0.25) is 4.79 Å². The Morgan fingerprint density at radius 3 is 2.71 bits per heavy atom. The zero-order valence-corrected chi connectivity index (χ0v) is 13.5. The van der Waals surface area contributed by atoms with Gasteiger partial charge in [-0.15, -0.1) is 0 Å². The third kappa shape index (κ3) is 4.10. The topological polar surface area (TPSA) is 55.6 Å². The molecule has 2 N–H and O–H groups in total. The van der Waals surface area contributed by atoms with Crippen molar-refractivity contribution < 1.29 is 9.53 Å². The third-order valence-corrected chi connectivity index (χ3v) is 4.44. The molecule has 2 atom stereocenters. The van der Waals surface area contributed by atoms with Crippen LogP contribution in [0.3, 0.4) is 0 Å². The highest BCUT2D eigenvalue weighted by atomic mass is 35.5. The highest BCUT2D eigenvalue weighted by molar-refractivity contribution is 6.42. The van der Waals surface area contributed by atoms with Crippen LogP contribution in [0.2, 0.25) is 10.0 Å². The number of carbonyl (C=O) groups excluding carboxylic acids is 1. The number of ether oxygens (including phenoxy) is 1. The van der Waals surface area contributed by atoms with Crippen LogP contribution in [-0.2, 0) is 16.1 Å². The second-order valence-corrected chi connectivity index (χ2v) is 5.98. The highest BCUT2D eigenvalue weighted by Gasteiger charge is 2.32. The van der Waals surface area contributed by atoms with Crippen molar-refractivity contribution in [2.75, 3.05) is 13.1 Å². The number of likely N-dealkylation sites (N-methyl/N-ethyl adjacent to an activating group) is 1. The van der Waals surface area contributed by atoms with E-state index in [-0.39, 0.29) is 18.1 Å². The third-order valence-electron chi connectivity index (χ3n) is 3.70. The average Bonchev–Trinajstić information content (AvgIpc) is 2.96. The Morgan fingerprint density at radius 1 is 1.38 bits per heavy atom. The molecule has 2 rings (SSSR count). The maximum absolute atomic E-state index is 12.5. The molecule has 1 aliphatic heterocycles. The van der Waals surface area contributed by atoms with Crippen molar-refractivity contribution in [3.05, 3.63) is 33.8 Å². The van der Waals surface area contributed by atoms with Gasteiger partial charge < -0.3 is 15.4 Å². The van der Waals surface area contributed by atoms with Crippen LogP contribution in [0.5, 0.6) is 0 Å². The standard InChI is InChI=1S/C15H20Cl2N2O2/c1-2-19(9-10-3-5-12(16)13(17)7-10)15(20)14-6-4-11(8-18)21-14/h3,5,7,11,14H,2,4,6,8-9,18H2,1H3/t11-,14+/m1/s1. The van der Waals surface area contributed by atoms with Crippen molar-refractivity contribution in [1.82, 2.24) is 4.90 Å². The Kier molecular flexibility index (Phi) is 5.88. The van der Waals surface area contributed by atoms with Crippen LogP contribution in [0.15, 0.2) is 18.2 Å². The first-order valence-electron chi connectivity index (χ1n) is 7.13. The van der Waals surface area contributed by atoms with Gasteiger partial charge in [-0.05, 0) is 37.5 Å². The number of rotatable bonds is 5. The van der Waals surface area contributed by atoms with Crippen molar-refractivity contribution in [3.8, 4) is 0 Å². The number of benzene rings is 1. The summed E-state index contributed by atoms with van der Waals surface area (Å²) in [5.41, 5.74) is 6.53. The van der Waals surface area contributed by atoms with Crippen LogP contribution >= 0.6 is 23.2 Å². The summed E-state index contributed by atoms with van der Waals surface area (Å²) in [5.74, 6) is 0.0134. The maximum atomic E-state index is 12.5. The van der Waals surface area contributed by atoms with Gasteiger partial charge in [-0.25, -0.2) is 0 Å². The van der Waals surface area contributed by atoms with Gasteiger partial charge in [0.05, 0.1) is 16.1 Å². The summed E-state index contributed by atoms with van der Waals surface area (Å²) in [6.07, 6.45) is 1.21. The van der Waals surface area contributed by atoms with Crippen molar-refractivity contribution in [2.24, 2.45) is 5.73 Å². The van der Waals surface area contributed by atoms with Gasteiger partial charge in [0, 0.05) is 19.6 Å². The van der Waals surface area contributed by atoms with E-state index in [4.69, 9.17) is 33.7 Å². The Morgan fingerprint density at radius 2 is 2.14 bits per heavy atom. The van der Waals surface area contributed by atoms with Crippen LogP contribution in [0.4, 0.5) is 0 Å². The number of amides is 1. The molecule has 0 aliphatic carbocycles. The normalized spacial score (nSPS) is 21.5. The van der Waals surface area contributed by atoms with Gasteiger partial charge in [0.25, 0.3) is 5.91 Å². The lowest BCUT2D eigenvalue weighted by atomic mass is 10.1. The fraction of sp³-hybridized carbons (Fsp3) is 0.533. The summed E-state index contributed by atoms with van der Waals surface area (Å²) in [5, 5.41) is 1.01. The number of nitrogens with two attached hydrogens (primary N) is 1. The van der Waals surface area contributed by atoms with E-state index in [0.717, 1.165) is 18.4 Å². The minimum Gasteiger partial charge on any atom is -0.364 e. The summed E-state index contributed by atoms with van der Waals surface area (Å²) < 4.78 is 5.67. The van der Waals surface area contributed by atoms with E-state index in [2.05, 4.69) is 0 Å². The molecule has 1 aromatic rings. The minimum atomic E-state index is -0.374. The summed E-state index contributed by atoms with van der Waals surface area (Å²) in [4.78, 5) is 14.3. The molecule has 4 nitrogen and oxygen atoms in total. The first-order valence-corrected chi connectivity index (χ1v) is 7.89. The van der Waals surface area contributed by atoms with E-state index in [1.165, 1.54) is 0 Å². The number of hydrogen-bond donors (Lipinski definition) is 1. The first kappa shape index (κ1) is 16.6. The second-order valence-electron chi connectivity index (χ2n) is 5.16. The number of carbonyl (C=O) groups is 1. The molecular formula is C15H20Cl2N2O2. The molecule has 1 aliphatic rings. The lowest BCUT2D eigenvalue weighted by Crippen LogP contribution is -2.39. The minimum absolute atomic E-state index is 0.00244. The summed E-state index contributed by atoms with van der Waals surface area (Å²) in [6.45, 7) is 3.53. The van der Waals surface area contributed by atoms with Crippen LogP contribution in [0, 0.1) is 0 Å². The van der Waals surface area contributed by atoms with Crippen LogP contribution in [-0.4, -0.2) is 36.1 Å². The molecule has 21 heavy (non-hydrogen) atoms. The number of nitrogens with zero attached hydrogens (tertiary/aromatic N) is 1. The zero-order valence-electron chi connectivity index (χ0n) is 12.0. The molecule has 0 saturated carbocycles. The summed E-state index contributed by atoms with van der Waals surface area (Å²) in [7, 11) is 0. The predicted molar refractivity (Wildman–Crippen MR) is 84.5 cm³/mol. The van der Waals surface area contributed by atoms with Crippen molar-refractivity contribution in [2.45, 2.75) is 38.5 Å². The molecule has 6 heteroatoms. The Balaban J connectivity index is 2.02. The fourth-order valence-electron chi connectivity index (χ4n) is 2.47. The van der Waals surface area contributed by atoms with Crippen LogP contribution in [0.1, 0.15) is 25.3 Å². The Labute approximate surface area is 135 Å². The molecule has 1 amide bonds. The Bertz CT molecular complexity index is 510. The van der Waals surface area contributed by atoms with Crippen molar-refractivity contribution in [3.63, 3.8) is 0 Å². The monoisotopic (exact) mass is 330 g/mol. The van der Waals surface area contributed by atoms with Crippen LogP contribution in [0.25, 0.3) is 0 Å². The maximum Gasteiger partial charge on any atom is 0.252 e. The molecule has 1 heterocycles. The largest absolute Gasteiger partial charge is 0.364 e. The molecule has 1 saturated heterocycles. The van der Waals surface area contributed by atoms with Gasteiger partial charge in [0.2, 0.25) is 0 Å². The molecule has 116 valence electrons. The molecule has 0 spiro atoms. The van der Waals surface area contributed by atoms with Gasteiger partial charge >= 0.3 is 0 Å². The van der Waals surface area contributed by atoms with E-state index in [9.17, 15) is 4.79 Å².